The molecule has 0 fully saturated rings. The molecule has 2 nitrogen and oxygen atoms in total. The van der Waals surface area contributed by atoms with E-state index in [1.807, 2.05) is 6.07 Å². The van der Waals surface area contributed by atoms with E-state index in [4.69, 9.17) is 4.74 Å². The van der Waals surface area contributed by atoms with E-state index in [1.165, 1.54) is 16.3 Å². The lowest BCUT2D eigenvalue weighted by atomic mass is 9.96. The Bertz CT molecular complexity index is 583. The Morgan fingerprint density at radius 2 is 1.70 bits per heavy atom. The summed E-state index contributed by atoms with van der Waals surface area (Å²) < 4.78 is 5.27. The molecule has 0 aliphatic rings. The number of methoxy groups -OCH3 is 1. The van der Waals surface area contributed by atoms with Crippen molar-refractivity contribution in [3.63, 3.8) is 0 Å². The molecule has 0 spiro atoms. The first kappa shape index (κ1) is 14.9. The van der Waals surface area contributed by atoms with Crippen molar-refractivity contribution < 1.29 is 4.74 Å². The molecule has 0 amide bonds. The highest BCUT2D eigenvalue weighted by Gasteiger charge is 2.12. The fourth-order valence-corrected chi connectivity index (χ4v) is 2.25. The van der Waals surface area contributed by atoms with Crippen molar-refractivity contribution in [1.29, 1.82) is 0 Å². The number of hydrogen-bond donors (Lipinski definition) is 1. The molecule has 2 aromatic rings. The molecule has 1 N–H and O–H groups in total. The zero-order chi connectivity index (χ0) is 14.8. The lowest BCUT2D eigenvalue weighted by Crippen LogP contribution is -2.38. The van der Waals surface area contributed by atoms with Crippen molar-refractivity contribution in [2.75, 3.05) is 13.7 Å². The summed E-state index contributed by atoms with van der Waals surface area (Å²) in [4.78, 5) is 0. The Morgan fingerprint density at radius 3 is 2.35 bits per heavy atom. The van der Waals surface area contributed by atoms with Crippen LogP contribution in [0.25, 0.3) is 10.8 Å². The van der Waals surface area contributed by atoms with Crippen LogP contribution in [-0.2, 0) is 0 Å². The van der Waals surface area contributed by atoms with Gasteiger partial charge in [-0.3, -0.25) is 0 Å². The highest BCUT2D eigenvalue weighted by atomic mass is 16.5. The van der Waals surface area contributed by atoms with Crippen molar-refractivity contribution in [3.8, 4) is 5.75 Å². The minimum Gasteiger partial charge on any atom is -0.497 e. The van der Waals surface area contributed by atoms with E-state index in [0.717, 1.165) is 12.3 Å². The second-order valence-corrected chi connectivity index (χ2v) is 6.50. The van der Waals surface area contributed by atoms with E-state index in [2.05, 4.69) is 63.3 Å². The van der Waals surface area contributed by atoms with Crippen molar-refractivity contribution in [2.24, 2.45) is 0 Å². The maximum absolute atomic E-state index is 5.27. The van der Waals surface area contributed by atoms with Gasteiger partial charge >= 0.3 is 0 Å². The van der Waals surface area contributed by atoms with Gasteiger partial charge in [0.15, 0.2) is 0 Å². The fraction of sp³-hybridized carbons (Fsp3) is 0.444. The van der Waals surface area contributed by atoms with Crippen LogP contribution in [0.2, 0.25) is 0 Å². The molecule has 0 radical (unpaired) electrons. The molecule has 0 bridgehead atoms. The van der Waals surface area contributed by atoms with Crippen LogP contribution in [-0.4, -0.2) is 19.2 Å². The van der Waals surface area contributed by atoms with Gasteiger partial charge in [0.05, 0.1) is 7.11 Å². The van der Waals surface area contributed by atoms with Crippen LogP contribution < -0.4 is 10.1 Å². The molecule has 0 saturated heterocycles. The van der Waals surface area contributed by atoms with Crippen molar-refractivity contribution in [2.45, 2.75) is 39.2 Å². The van der Waals surface area contributed by atoms with Crippen LogP contribution in [0.5, 0.6) is 5.75 Å². The Balaban J connectivity index is 2.19. The highest BCUT2D eigenvalue weighted by Crippen LogP contribution is 2.25. The predicted molar refractivity (Wildman–Crippen MR) is 86.7 cm³/mol. The quantitative estimate of drug-likeness (QED) is 0.893. The molecule has 20 heavy (non-hydrogen) atoms. The van der Waals surface area contributed by atoms with Crippen LogP contribution in [0.4, 0.5) is 0 Å². The molecule has 1 unspecified atom stereocenters. The maximum atomic E-state index is 5.27. The first-order valence-corrected chi connectivity index (χ1v) is 7.22. The molecule has 108 valence electrons. The maximum Gasteiger partial charge on any atom is 0.119 e. The van der Waals surface area contributed by atoms with Crippen LogP contribution in [0.1, 0.15) is 39.2 Å². The van der Waals surface area contributed by atoms with Gasteiger partial charge in [0, 0.05) is 12.1 Å². The standard InChI is InChI=1S/C18H25NO/c1-13(12-19-18(2,3)4)14-6-7-16-11-17(20-5)9-8-15(16)10-14/h6-11,13,19H,12H2,1-5H3. The average molecular weight is 271 g/mol. The van der Waals surface area contributed by atoms with Crippen molar-refractivity contribution >= 4 is 10.8 Å². The Kier molecular flexibility index (Phi) is 4.34. The SMILES string of the molecule is COc1ccc2cc(C(C)CNC(C)(C)C)ccc2c1. The third kappa shape index (κ3) is 3.73. The smallest absolute Gasteiger partial charge is 0.119 e. The number of fused-ring (bicyclic) bond motifs is 1. The summed E-state index contributed by atoms with van der Waals surface area (Å²) in [6.07, 6.45) is 0. The van der Waals surface area contributed by atoms with Gasteiger partial charge in [-0.25, -0.2) is 0 Å². The Labute approximate surface area is 122 Å². The van der Waals surface area contributed by atoms with E-state index in [-0.39, 0.29) is 5.54 Å². The second kappa shape index (κ2) is 5.84. The third-order valence-corrected chi connectivity index (χ3v) is 3.58. The number of rotatable bonds is 4. The lowest BCUT2D eigenvalue weighted by Gasteiger charge is -2.23. The van der Waals surface area contributed by atoms with Crippen LogP contribution in [0.15, 0.2) is 36.4 Å². The van der Waals surface area contributed by atoms with Crippen LogP contribution in [0, 0.1) is 0 Å². The molecule has 2 heteroatoms. The molecule has 2 rings (SSSR count). The summed E-state index contributed by atoms with van der Waals surface area (Å²) in [6.45, 7) is 9.86. The van der Waals surface area contributed by atoms with E-state index in [1.54, 1.807) is 7.11 Å². The number of hydrogen-bond acceptors (Lipinski definition) is 2. The van der Waals surface area contributed by atoms with Crippen molar-refractivity contribution in [3.05, 3.63) is 42.0 Å². The monoisotopic (exact) mass is 271 g/mol. The summed E-state index contributed by atoms with van der Waals surface area (Å²) in [5, 5.41) is 6.06. The molecule has 0 heterocycles. The Morgan fingerprint density at radius 1 is 1.05 bits per heavy atom. The number of ether oxygens (including phenoxy) is 1. The van der Waals surface area contributed by atoms with E-state index in [9.17, 15) is 0 Å². The van der Waals surface area contributed by atoms with Gasteiger partial charge in [0.1, 0.15) is 5.75 Å². The summed E-state index contributed by atoms with van der Waals surface area (Å²) in [7, 11) is 1.70. The van der Waals surface area contributed by atoms with Gasteiger partial charge in [-0.05, 0) is 55.2 Å². The minimum absolute atomic E-state index is 0.165. The van der Waals surface area contributed by atoms with Gasteiger partial charge in [-0.2, -0.15) is 0 Å². The minimum atomic E-state index is 0.165. The predicted octanol–water partition coefficient (Wildman–Crippen LogP) is 4.34. The molecule has 0 aromatic heterocycles. The number of nitrogens with one attached hydrogen (secondary N) is 1. The summed E-state index contributed by atoms with van der Waals surface area (Å²) >= 11 is 0. The lowest BCUT2D eigenvalue weighted by molar-refractivity contribution is 0.412. The first-order chi connectivity index (χ1) is 9.39. The molecule has 0 saturated carbocycles. The Hall–Kier alpha value is -1.54. The fourth-order valence-electron chi connectivity index (χ4n) is 2.25. The molecule has 0 aliphatic carbocycles. The first-order valence-electron chi connectivity index (χ1n) is 7.22. The third-order valence-electron chi connectivity index (χ3n) is 3.58. The van der Waals surface area contributed by atoms with Crippen LogP contribution >= 0.6 is 0 Å². The summed E-state index contributed by atoms with van der Waals surface area (Å²) in [6, 6.07) is 12.9. The van der Waals surface area contributed by atoms with Gasteiger partial charge in [-0.1, -0.05) is 31.2 Å². The topological polar surface area (TPSA) is 21.3 Å². The summed E-state index contributed by atoms with van der Waals surface area (Å²) in [5.74, 6) is 1.41. The van der Waals surface area contributed by atoms with Crippen molar-refractivity contribution in [1.82, 2.24) is 5.32 Å². The zero-order valence-corrected chi connectivity index (χ0v) is 13.2. The highest BCUT2D eigenvalue weighted by molar-refractivity contribution is 5.84. The molecule has 0 aliphatic heterocycles. The van der Waals surface area contributed by atoms with E-state index in [0.29, 0.717) is 5.92 Å². The number of benzene rings is 2. The van der Waals surface area contributed by atoms with E-state index >= 15 is 0 Å². The van der Waals surface area contributed by atoms with Crippen LogP contribution in [0.3, 0.4) is 0 Å². The normalized spacial score (nSPS) is 13.4. The second-order valence-electron chi connectivity index (χ2n) is 6.50. The molecular weight excluding hydrogens is 246 g/mol. The molecular formula is C18H25NO. The van der Waals surface area contributed by atoms with Gasteiger partial charge < -0.3 is 10.1 Å². The van der Waals surface area contributed by atoms with Gasteiger partial charge in [0.2, 0.25) is 0 Å². The van der Waals surface area contributed by atoms with Gasteiger partial charge in [0.25, 0.3) is 0 Å². The molecule has 2 aromatic carbocycles. The zero-order valence-electron chi connectivity index (χ0n) is 13.2. The van der Waals surface area contributed by atoms with E-state index < -0.39 is 0 Å². The molecule has 1 atom stereocenters. The largest absolute Gasteiger partial charge is 0.497 e. The summed E-state index contributed by atoms with van der Waals surface area (Å²) in [5.41, 5.74) is 1.54. The average Bonchev–Trinajstić information content (AvgIpc) is 2.42. The van der Waals surface area contributed by atoms with Gasteiger partial charge in [-0.15, -0.1) is 0 Å².